The number of hydrogen-bond acceptors (Lipinski definition) is 5. The summed E-state index contributed by atoms with van der Waals surface area (Å²) in [6, 6.07) is 0. The molecule has 6 nitrogen and oxygen atoms in total. The molecule has 0 aliphatic carbocycles. The van der Waals surface area contributed by atoms with Crippen molar-refractivity contribution >= 4 is 29.0 Å². The lowest BCUT2D eigenvalue weighted by atomic mass is 9.97. The van der Waals surface area contributed by atoms with Gasteiger partial charge in [0, 0.05) is 19.6 Å². The van der Waals surface area contributed by atoms with Crippen molar-refractivity contribution in [2.24, 2.45) is 5.92 Å². The minimum Gasteiger partial charge on any atom is -0.444 e. The van der Waals surface area contributed by atoms with E-state index in [0.717, 1.165) is 24.2 Å². The van der Waals surface area contributed by atoms with Crippen LogP contribution in [-0.4, -0.2) is 39.5 Å². The van der Waals surface area contributed by atoms with E-state index < -0.39 is 5.60 Å². The maximum atomic E-state index is 12.0. The van der Waals surface area contributed by atoms with Crippen LogP contribution >= 0.6 is 22.9 Å². The van der Waals surface area contributed by atoms with E-state index in [9.17, 15) is 9.59 Å². The van der Waals surface area contributed by atoms with Gasteiger partial charge in [0.15, 0.2) is 0 Å². The van der Waals surface area contributed by atoms with E-state index in [2.05, 4.69) is 5.10 Å². The average Bonchev–Trinajstić information content (AvgIpc) is 2.66. The van der Waals surface area contributed by atoms with Gasteiger partial charge in [-0.15, -0.1) is 5.10 Å². The smallest absolute Gasteiger partial charge is 0.410 e. The first kappa shape index (κ1) is 16.3. The largest absolute Gasteiger partial charge is 0.444 e. The lowest BCUT2D eigenvalue weighted by molar-refractivity contribution is 0.0177. The van der Waals surface area contributed by atoms with Crippen LogP contribution in [0.1, 0.15) is 33.6 Å². The molecule has 1 amide bonds. The molecule has 0 spiro atoms. The number of ether oxygens (including phenoxy) is 1. The van der Waals surface area contributed by atoms with Crippen LogP contribution in [0.4, 0.5) is 4.79 Å². The SMILES string of the molecule is CC(C)(C)OC(=O)N1CCC(Cn2nc(Cl)sc2=O)CC1. The molecule has 118 valence electrons. The highest BCUT2D eigenvalue weighted by atomic mass is 35.5. The van der Waals surface area contributed by atoms with Gasteiger partial charge in [0.2, 0.25) is 4.47 Å². The summed E-state index contributed by atoms with van der Waals surface area (Å²) in [5.74, 6) is 0.333. The van der Waals surface area contributed by atoms with Gasteiger partial charge in [0.05, 0.1) is 0 Å². The first-order valence-corrected chi connectivity index (χ1v) is 8.15. The molecule has 1 saturated heterocycles. The summed E-state index contributed by atoms with van der Waals surface area (Å²) in [4.78, 5) is 25.1. The maximum absolute atomic E-state index is 12.0. The molecule has 0 atom stereocenters. The number of amides is 1. The summed E-state index contributed by atoms with van der Waals surface area (Å²) in [6.45, 7) is 7.42. The molecule has 0 N–H and O–H groups in total. The van der Waals surface area contributed by atoms with Crippen molar-refractivity contribution < 1.29 is 9.53 Å². The van der Waals surface area contributed by atoms with Crippen molar-refractivity contribution in [3.8, 4) is 0 Å². The molecule has 1 aromatic heterocycles. The minimum atomic E-state index is -0.474. The second kappa shape index (κ2) is 6.36. The van der Waals surface area contributed by atoms with Crippen molar-refractivity contribution in [1.82, 2.24) is 14.7 Å². The highest BCUT2D eigenvalue weighted by Gasteiger charge is 2.27. The second-order valence-electron chi connectivity index (χ2n) is 6.21. The third kappa shape index (κ3) is 4.71. The van der Waals surface area contributed by atoms with Crippen LogP contribution in [0.25, 0.3) is 0 Å². The molecule has 2 rings (SSSR count). The monoisotopic (exact) mass is 333 g/mol. The highest BCUT2D eigenvalue weighted by Crippen LogP contribution is 2.21. The van der Waals surface area contributed by atoms with Gasteiger partial charge in [0.1, 0.15) is 5.60 Å². The number of hydrogen-bond donors (Lipinski definition) is 0. The van der Waals surface area contributed by atoms with E-state index in [1.807, 2.05) is 20.8 Å². The van der Waals surface area contributed by atoms with Crippen molar-refractivity contribution in [3.63, 3.8) is 0 Å². The fourth-order valence-electron chi connectivity index (χ4n) is 2.27. The molecule has 0 aromatic carbocycles. The molecular weight excluding hydrogens is 314 g/mol. The van der Waals surface area contributed by atoms with Gasteiger partial charge in [-0.25, -0.2) is 9.48 Å². The summed E-state index contributed by atoms with van der Waals surface area (Å²) in [6.07, 6.45) is 1.40. The predicted octanol–water partition coefficient (Wildman–Crippen LogP) is 2.61. The molecule has 0 radical (unpaired) electrons. The lowest BCUT2D eigenvalue weighted by Crippen LogP contribution is -2.42. The van der Waals surface area contributed by atoms with Crippen molar-refractivity contribution in [2.75, 3.05) is 13.1 Å². The molecule has 0 unspecified atom stereocenters. The van der Waals surface area contributed by atoms with E-state index in [0.29, 0.717) is 25.6 Å². The Bertz CT molecular complexity index is 556. The molecule has 1 aromatic rings. The molecule has 1 aliphatic heterocycles. The molecule has 1 fully saturated rings. The Hall–Kier alpha value is -1.08. The van der Waals surface area contributed by atoms with E-state index in [1.54, 1.807) is 4.90 Å². The number of carbonyl (C=O) groups is 1. The van der Waals surface area contributed by atoms with Crippen molar-refractivity contribution in [3.05, 3.63) is 14.1 Å². The van der Waals surface area contributed by atoms with E-state index >= 15 is 0 Å². The van der Waals surface area contributed by atoms with Crippen LogP contribution in [0.5, 0.6) is 0 Å². The number of halogens is 1. The van der Waals surface area contributed by atoms with Crippen LogP contribution in [0.3, 0.4) is 0 Å². The number of nitrogens with zero attached hydrogens (tertiary/aromatic N) is 3. The van der Waals surface area contributed by atoms with E-state index in [4.69, 9.17) is 16.3 Å². The van der Waals surface area contributed by atoms with Crippen LogP contribution in [0.15, 0.2) is 4.79 Å². The standard InChI is InChI=1S/C13H20ClN3O3S/c1-13(2,3)20-11(18)16-6-4-9(5-7-16)8-17-12(19)21-10(14)15-17/h9H,4-8H2,1-3H3. The van der Waals surface area contributed by atoms with Crippen LogP contribution < -0.4 is 4.87 Å². The summed E-state index contributed by atoms with van der Waals surface area (Å²) in [7, 11) is 0. The van der Waals surface area contributed by atoms with Crippen molar-refractivity contribution in [2.45, 2.75) is 45.8 Å². The van der Waals surface area contributed by atoms with Gasteiger partial charge in [-0.2, -0.15) is 0 Å². The number of aromatic nitrogens is 2. The van der Waals surface area contributed by atoms with Gasteiger partial charge in [0.25, 0.3) is 0 Å². The highest BCUT2D eigenvalue weighted by molar-refractivity contribution is 7.13. The topological polar surface area (TPSA) is 64.4 Å². The normalized spacial score (nSPS) is 17.0. The van der Waals surface area contributed by atoms with Crippen molar-refractivity contribution in [1.29, 1.82) is 0 Å². The van der Waals surface area contributed by atoms with Gasteiger partial charge < -0.3 is 9.64 Å². The zero-order valence-corrected chi connectivity index (χ0v) is 14.0. The minimum absolute atomic E-state index is 0.130. The number of rotatable bonds is 2. The summed E-state index contributed by atoms with van der Waals surface area (Å²) in [5.41, 5.74) is -0.474. The van der Waals surface area contributed by atoms with Gasteiger partial charge >= 0.3 is 11.0 Å². The molecule has 1 aliphatic rings. The van der Waals surface area contributed by atoms with Crippen LogP contribution in [-0.2, 0) is 11.3 Å². The van der Waals surface area contributed by atoms with Crippen LogP contribution in [0.2, 0.25) is 4.47 Å². The van der Waals surface area contributed by atoms with Crippen LogP contribution in [0, 0.1) is 5.92 Å². The summed E-state index contributed by atoms with van der Waals surface area (Å²) >= 11 is 6.67. The maximum Gasteiger partial charge on any atom is 0.410 e. The quantitative estimate of drug-likeness (QED) is 0.834. The average molecular weight is 334 g/mol. The Kier molecular flexibility index (Phi) is 4.93. The van der Waals surface area contributed by atoms with Gasteiger partial charge in [-0.05, 0) is 62.5 Å². The third-order valence-electron chi connectivity index (χ3n) is 3.28. The summed E-state index contributed by atoms with van der Waals surface area (Å²) in [5, 5.41) is 3.99. The molecule has 0 saturated carbocycles. The molecule has 0 bridgehead atoms. The molecular formula is C13H20ClN3O3S. The Morgan fingerprint density at radius 3 is 2.52 bits per heavy atom. The molecule has 2 heterocycles. The Morgan fingerprint density at radius 1 is 1.43 bits per heavy atom. The van der Waals surface area contributed by atoms with Gasteiger partial charge in [-0.3, -0.25) is 4.79 Å². The number of likely N-dealkylation sites (tertiary alicyclic amines) is 1. The first-order valence-electron chi connectivity index (χ1n) is 6.96. The zero-order chi connectivity index (χ0) is 15.6. The van der Waals surface area contributed by atoms with E-state index in [-0.39, 0.29) is 15.4 Å². The Labute approximate surface area is 132 Å². The van der Waals surface area contributed by atoms with E-state index in [1.165, 1.54) is 4.68 Å². The number of carbonyl (C=O) groups excluding carboxylic acids is 1. The summed E-state index contributed by atoms with van der Waals surface area (Å²) < 4.78 is 7.04. The number of piperidine rings is 1. The second-order valence-corrected chi connectivity index (χ2v) is 7.74. The third-order valence-corrected chi connectivity index (χ3v) is 4.22. The predicted molar refractivity (Wildman–Crippen MR) is 81.9 cm³/mol. The Balaban J connectivity index is 1.85. The lowest BCUT2D eigenvalue weighted by Gasteiger charge is -2.33. The Morgan fingerprint density at radius 2 is 2.05 bits per heavy atom. The zero-order valence-electron chi connectivity index (χ0n) is 12.5. The molecule has 21 heavy (non-hydrogen) atoms. The first-order chi connectivity index (χ1) is 9.74. The fourth-order valence-corrected chi connectivity index (χ4v) is 3.06. The fraction of sp³-hybridized carbons (Fsp3) is 0.769. The molecule has 8 heteroatoms. The van der Waals surface area contributed by atoms with Gasteiger partial charge in [-0.1, -0.05) is 0 Å².